The van der Waals surface area contributed by atoms with Crippen molar-refractivity contribution in [2.24, 2.45) is 0 Å². The molecule has 0 aromatic carbocycles. The van der Waals surface area contributed by atoms with Crippen molar-refractivity contribution in [3.63, 3.8) is 0 Å². The molecule has 90 valence electrons. The number of hydrogen-bond donors (Lipinski definition) is 1. The first-order chi connectivity index (χ1) is 7.81. The lowest BCUT2D eigenvalue weighted by Crippen LogP contribution is -2.43. The molecule has 0 aromatic rings. The Hall–Kier alpha value is -0.830. The van der Waals surface area contributed by atoms with Crippen molar-refractivity contribution in [1.29, 1.82) is 0 Å². The van der Waals surface area contributed by atoms with Gasteiger partial charge in [0, 0.05) is 18.6 Å². The maximum absolute atomic E-state index is 11.7. The summed E-state index contributed by atoms with van der Waals surface area (Å²) in [6.45, 7) is 4.78. The van der Waals surface area contributed by atoms with Gasteiger partial charge in [-0.2, -0.15) is 0 Å². The zero-order valence-electron chi connectivity index (χ0n) is 9.95. The molecule has 0 atom stereocenters. The van der Waals surface area contributed by atoms with Crippen molar-refractivity contribution < 1.29 is 4.79 Å². The van der Waals surface area contributed by atoms with Crippen molar-refractivity contribution in [2.45, 2.75) is 50.6 Å². The Kier molecular flexibility index (Phi) is 3.99. The number of carbonyl (C=O) groups excluding carboxylic acids is 1. The Balaban J connectivity index is 1.82. The van der Waals surface area contributed by atoms with Gasteiger partial charge in [0.15, 0.2) is 0 Å². The number of amides is 1. The van der Waals surface area contributed by atoms with Gasteiger partial charge in [-0.1, -0.05) is 18.9 Å². The second-order valence-corrected chi connectivity index (χ2v) is 4.93. The molecule has 0 aliphatic heterocycles. The van der Waals surface area contributed by atoms with Crippen LogP contribution in [0.25, 0.3) is 0 Å². The third kappa shape index (κ3) is 3.08. The molecule has 3 heteroatoms. The SMILES string of the molecule is C=CCNC(=O)CN(C1CCCC1)C1CC1. The smallest absolute Gasteiger partial charge is 0.234 e. The van der Waals surface area contributed by atoms with Crippen molar-refractivity contribution in [3.8, 4) is 0 Å². The summed E-state index contributed by atoms with van der Waals surface area (Å²) in [5.41, 5.74) is 0. The van der Waals surface area contributed by atoms with E-state index in [0.29, 0.717) is 25.2 Å². The predicted octanol–water partition coefficient (Wildman–Crippen LogP) is 1.70. The molecule has 2 rings (SSSR count). The van der Waals surface area contributed by atoms with Crippen molar-refractivity contribution >= 4 is 5.91 Å². The summed E-state index contributed by atoms with van der Waals surface area (Å²) in [6.07, 6.45) is 9.53. The molecule has 0 aromatic heterocycles. The maximum Gasteiger partial charge on any atom is 0.234 e. The first-order valence-corrected chi connectivity index (χ1v) is 6.44. The highest BCUT2D eigenvalue weighted by molar-refractivity contribution is 5.78. The largest absolute Gasteiger partial charge is 0.352 e. The van der Waals surface area contributed by atoms with Gasteiger partial charge in [0.2, 0.25) is 5.91 Å². The van der Waals surface area contributed by atoms with E-state index in [0.717, 1.165) is 0 Å². The quantitative estimate of drug-likeness (QED) is 0.694. The molecule has 3 nitrogen and oxygen atoms in total. The Labute approximate surface area is 97.9 Å². The summed E-state index contributed by atoms with van der Waals surface area (Å²) in [5.74, 6) is 0.152. The van der Waals surface area contributed by atoms with Crippen LogP contribution in [-0.2, 0) is 4.79 Å². The van der Waals surface area contributed by atoms with Crippen LogP contribution in [0.4, 0.5) is 0 Å². The zero-order chi connectivity index (χ0) is 11.4. The molecule has 2 saturated carbocycles. The molecule has 0 heterocycles. The molecule has 2 aliphatic rings. The fourth-order valence-corrected chi connectivity index (χ4v) is 2.61. The van der Waals surface area contributed by atoms with Crippen LogP contribution in [0.1, 0.15) is 38.5 Å². The van der Waals surface area contributed by atoms with Gasteiger partial charge in [0.05, 0.1) is 6.54 Å². The number of nitrogens with one attached hydrogen (secondary N) is 1. The third-order valence-electron chi connectivity index (χ3n) is 3.58. The lowest BCUT2D eigenvalue weighted by Gasteiger charge is -2.27. The molecular weight excluding hydrogens is 200 g/mol. The third-order valence-corrected chi connectivity index (χ3v) is 3.58. The highest BCUT2D eigenvalue weighted by atomic mass is 16.2. The van der Waals surface area contributed by atoms with E-state index in [9.17, 15) is 4.79 Å². The van der Waals surface area contributed by atoms with Crippen molar-refractivity contribution in [1.82, 2.24) is 10.2 Å². The predicted molar refractivity (Wildman–Crippen MR) is 65.2 cm³/mol. The van der Waals surface area contributed by atoms with Gasteiger partial charge in [-0.15, -0.1) is 6.58 Å². The average Bonchev–Trinajstić information content (AvgIpc) is 2.98. The molecular formula is C13H22N2O. The Morgan fingerprint density at radius 2 is 1.88 bits per heavy atom. The minimum atomic E-state index is 0.152. The summed E-state index contributed by atoms with van der Waals surface area (Å²) in [7, 11) is 0. The molecule has 2 aliphatic carbocycles. The Morgan fingerprint density at radius 3 is 2.44 bits per heavy atom. The van der Waals surface area contributed by atoms with E-state index >= 15 is 0 Å². The fraction of sp³-hybridized carbons (Fsp3) is 0.769. The molecule has 2 fully saturated rings. The van der Waals surface area contributed by atoms with Crippen LogP contribution in [0.5, 0.6) is 0 Å². The number of nitrogens with zero attached hydrogens (tertiary/aromatic N) is 1. The Morgan fingerprint density at radius 1 is 1.25 bits per heavy atom. The van der Waals surface area contributed by atoms with Gasteiger partial charge in [-0.05, 0) is 25.7 Å². The van der Waals surface area contributed by atoms with E-state index in [4.69, 9.17) is 0 Å². The average molecular weight is 222 g/mol. The summed E-state index contributed by atoms with van der Waals surface area (Å²) < 4.78 is 0. The van der Waals surface area contributed by atoms with Crippen LogP contribution in [0.2, 0.25) is 0 Å². The van der Waals surface area contributed by atoms with Crippen molar-refractivity contribution in [2.75, 3.05) is 13.1 Å². The number of carbonyl (C=O) groups is 1. The van der Waals surface area contributed by atoms with Gasteiger partial charge in [-0.3, -0.25) is 9.69 Å². The summed E-state index contributed by atoms with van der Waals surface area (Å²) in [6, 6.07) is 1.36. The molecule has 0 unspecified atom stereocenters. The molecule has 1 amide bonds. The van der Waals surface area contributed by atoms with Gasteiger partial charge in [0.25, 0.3) is 0 Å². The minimum absolute atomic E-state index is 0.152. The standard InChI is InChI=1S/C13H22N2O/c1-2-9-14-13(16)10-15(12-7-8-12)11-5-3-4-6-11/h2,11-12H,1,3-10H2,(H,14,16). The lowest BCUT2D eigenvalue weighted by molar-refractivity contribution is -0.122. The molecule has 1 N–H and O–H groups in total. The molecule has 0 saturated heterocycles. The summed E-state index contributed by atoms with van der Waals surface area (Å²) in [4.78, 5) is 14.1. The van der Waals surface area contributed by atoms with E-state index in [1.54, 1.807) is 6.08 Å². The number of hydrogen-bond acceptors (Lipinski definition) is 2. The van der Waals surface area contributed by atoms with E-state index in [-0.39, 0.29) is 5.91 Å². The number of rotatable bonds is 6. The van der Waals surface area contributed by atoms with E-state index in [1.165, 1.54) is 38.5 Å². The first-order valence-electron chi connectivity index (χ1n) is 6.44. The van der Waals surface area contributed by atoms with Gasteiger partial charge >= 0.3 is 0 Å². The molecule has 0 bridgehead atoms. The van der Waals surface area contributed by atoms with Crippen LogP contribution in [-0.4, -0.2) is 36.0 Å². The summed E-state index contributed by atoms with van der Waals surface area (Å²) >= 11 is 0. The van der Waals surface area contributed by atoms with Gasteiger partial charge in [0.1, 0.15) is 0 Å². The maximum atomic E-state index is 11.7. The topological polar surface area (TPSA) is 32.3 Å². The zero-order valence-corrected chi connectivity index (χ0v) is 9.95. The van der Waals surface area contributed by atoms with Crippen LogP contribution in [0.3, 0.4) is 0 Å². The van der Waals surface area contributed by atoms with Crippen LogP contribution >= 0.6 is 0 Å². The van der Waals surface area contributed by atoms with Crippen LogP contribution in [0, 0.1) is 0 Å². The lowest BCUT2D eigenvalue weighted by atomic mass is 10.2. The highest BCUT2D eigenvalue weighted by Crippen LogP contribution is 2.33. The molecule has 0 radical (unpaired) electrons. The molecule has 16 heavy (non-hydrogen) atoms. The summed E-state index contributed by atoms with van der Waals surface area (Å²) in [5, 5.41) is 2.87. The van der Waals surface area contributed by atoms with E-state index in [2.05, 4.69) is 16.8 Å². The van der Waals surface area contributed by atoms with Crippen LogP contribution in [0.15, 0.2) is 12.7 Å². The minimum Gasteiger partial charge on any atom is -0.352 e. The second-order valence-electron chi connectivity index (χ2n) is 4.93. The fourth-order valence-electron chi connectivity index (χ4n) is 2.61. The van der Waals surface area contributed by atoms with Crippen molar-refractivity contribution in [3.05, 3.63) is 12.7 Å². The highest BCUT2D eigenvalue weighted by Gasteiger charge is 2.35. The monoisotopic (exact) mass is 222 g/mol. The van der Waals surface area contributed by atoms with Gasteiger partial charge < -0.3 is 5.32 Å². The van der Waals surface area contributed by atoms with E-state index < -0.39 is 0 Å². The molecule has 0 spiro atoms. The Bertz CT molecular complexity index is 255. The van der Waals surface area contributed by atoms with Crippen LogP contribution < -0.4 is 5.32 Å². The van der Waals surface area contributed by atoms with Gasteiger partial charge in [-0.25, -0.2) is 0 Å². The second kappa shape index (κ2) is 5.48. The van der Waals surface area contributed by atoms with E-state index in [1.807, 2.05) is 0 Å². The first kappa shape index (κ1) is 11.6. The normalized spacial score (nSPS) is 21.3.